The summed E-state index contributed by atoms with van der Waals surface area (Å²) in [6, 6.07) is 0. The molecule has 4 atom stereocenters. The van der Waals surface area contributed by atoms with Crippen LogP contribution in [0.3, 0.4) is 0 Å². The van der Waals surface area contributed by atoms with Gasteiger partial charge in [0, 0.05) is 6.61 Å². The van der Waals surface area contributed by atoms with Gasteiger partial charge in [0.2, 0.25) is 0 Å². The minimum atomic E-state index is -2.12. The van der Waals surface area contributed by atoms with Crippen molar-refractivity contribution in [3.63, 3.8) is 0 Å². The first-order valence-corrected chi connectivity index (χ1v) is 9.64. The molecule has 0 aromatic rings. The summed E-state index contributed by atoms with van der Waals surface area (Å²) in [6.07, 6.45) is 4.86. The van der Waals surface area contributed by atoms with Gasteiger partial charge in [-0.3, -0.25) is 4.89 Å². The van der Waals surface area contributed by atoms with Crippen molar-refractivity contribution in [3.8, 4) is 0 Å². The van der Waals surface area contributed by atoms with E-state index >= 15 is 0 Å². The Morgan fingerprint density at radius 2 is 1.15 bits per heavy atom. The van der Waals surface area contributed by atoms with Crippen LogP contribution in [0.5, 0.6) is 0 Å². The van der Waals surface area contributed by atoms with Crippen molar-refractivity contribution in [3.05, 3.63) is 0 Å². The molecule has 0 heterocycles. The van der Waals surface area contributed by atoms with Crippen LogP contribution in [0.4, 0.5) is 0 Å². The normalized spacial score (nSPS) is 15.5. The third-order valence-electron chi connectivity index (χ3n) is 4.56. The van der Waals surface area contributed by atoms with Gasteiger partial charge in [0.1, 0.15) is 12.2 Å². The fourth-order valence-corrected chi connectivity index (χ4v) is 2.83. The molecule has 0 aromatic carbocycles. The van der Waals surface area contributed by atoms with E-state index < -0.39 is 30.4 Å². The van der Waals surface area contributed by atoms with Crippen molar-refractivity contribution in [1.82, 2.24) is 0 Å². The maximum Gasteiger partial charge on any atom is 1.00 e. The molecule has 6 N–H and O–H groups in total. The zero-order valence-electron chi connectivity index (χ0n) is 17.5. The van der Waals surface area contributed by atoms with Gasteiger partial charge >= 0.3 is 35.5 Å². The first kappa shape index (κ1) is 29.4. The largest absolute Gasteiger partial charge is 1.00 e. The Balaban J connectivity index is -0.00000312. The van der Waals surface area contributed by atoms with Crippen LogP contribution in [-0.4, -0.2) is 67.8 Å². The van der Waals surface area contributed by atoms with Crippen molar-refractivity contribution in [2.24, 2.45) is 0 Å². The quantitative estimate of drug-likeness (QED) is 0.0723. The third kappa shape index (κ3) is 14.8. The molecule has 4 unspecified atom stereocenters. The maximum atomic E-state index is 10.9. The van der Waals surface area contributed by atoms with E-state index in [1.54, 1.807) is 0 Å². The molecule has 0 aromatic heterocycles. The number of carbonyl (C=O) groups is 1. The van der Waals surface area contributed by atoms with Gasteiger partial charge in [-0.05, 0) is 12.8 Å². The fourth-order valence-electron chi connectivity index (χ4n) is 2.83. The zero-order chi connectivity index (χ0) is 19.8. The molecule has 9 heteroatoms. The van der Waals surface area contributed by atoms with E-state index in [1.165, 1.54) is 32.1 Å². The smallest absolute Gasteiger partial charge is 1.00 e. The van der Waals surface area contributed by atoms with Gasteiger partial charge in [-0.2, -0.15) is 5.26 Å². The van der Waals surface area contributed by atoms with Gasteiger partial charge in [-0.15, -0.1) is 0 Å². The SMILES string of the molecule is O=C(OO)C(O)C(O)C(O)C(O)CCCCCCCCCCCCCO.[H-].[Na+]. The van der Waals surface area contributed by atoms with Crippen LogP contribution in [-0.2, 0) is 9.68 Å². The monoisotopic (exact) mass is 404 g/mol. The minimum Gasteiger partial charge on any atom is -1.00 e. The standard InChI is InChI=1S/C18H36O8.Na.H/c19-13-11-9-7-5-3-1-2-4-6-8-10-12-14(20)15(21)16(22)17(23)18(24)26-25;;/h14-17,19-23,25H,1-13H2;;/q;+1;-1. The van der Waals surface area contributed by atoms with Crippen molar-refractivity contribution in [2.45, 2.75) is 101 Å². The molecule has 27 heavy (non-hydrogen) atoms. The molecule has 0 saturated carbocycles. The number of aliphatic hydroxyl groups excluding tert-OH is 5. The number of hydrogen-bond donors (Lipinski definition) is 6. The summed E-state index contributed by atoms with van der Waals surface area (Å²) < 4.78 is 0. The molecule has 0 fully saturated rings. The average molecular weight is 404 g/mol. The molecule has 0 amide bonds. The Morgan fingerprint density at radius 3 is 1.56 bits per heavy atom. The van der Waals surface area contributed by atoms with Gasteiger partial charge in [0.25, 0.3) is 0 Å². The Bertz CT molecular complexity index is 352. The predicted molar refractivity (Wildman–Crippen MR) is 96.3 cm³/mol. The molecule has 0 spiro atoms. The fraction of sp³-hybridized carbons (Fsp3) is 0.944. The first-order chi connectivity index (χ1) is 12.5. The van der Waals surface area contributed by atoms with Crippen LogP contribution in [0.2, 0.25) is 0 Å². The molecule has 158 valence electrons. The van der Waals surface area contributed by atoms with Crippen molar-refractivity contribution in [2.75, 3.05) is 6.61 Å². The minimum absolute atomic E-state index is 0. The van der Waals surface area contributed by atoms with E-state index in [2.05, 4.69) is 4.89 Å². The summed E-state index contributed by atoms with van der Waals surface area (Å²) in [5, 5.41) is 55.2. The second-order valence-corrected chi connectivity index (χ2v) is 6.81. The van der Waals surface area contributed by atoms with E-state index in [-0.39, 0.29) is 44.0 Å². The number of rotatable bonds is 17. The topological polar surface area (TPSA) is 148 Å². The molecule has 0 rings (SSSR count). The Hall–Kier alpha value is 0.230. The van der Waals surface area contributed by atoms with Crippen LogP contribution < -0.4 is 29.6 Å². The van der Waals surface area contributed by atoms with Crippen molar-refractivity contribution in [1.29, 1.82) is 0 Å². The van der Waals surface area contributed by atoms with E-state index in [0.717, 1.165) is 32.1 Å². The van der Waals surface area contributed by atoms with E-state index in [9.17, 15) is 25.2 Å². The average Bonchev–Trinajstić information content (AvgIpc) is 2.66. The van der Waals surface area contributed by atoms with Crippen molar-refractivity contribution < 1.29 is 71.5 Å². The molecular weight excluding hydrogens is 367 g/mol. The predicted octanol–water partition coefficient (Wildman–Crippen LogP) is -1.76. The summed E-state index contributed by atoms with van der Waals surface area (Å²) in [5.41, 5.74) is 0. The van der Waals surface area contributed by atoms with Gasteiger partial charge in [-0.1, -0.05) is 64.2 Å². The van der Waals surface area contributed by atoms with Gasteiger partial charge in [0.15, 0.2) is 6.10 Å². The summed E-state index contributed by atoms with van der Waals surface area (Å²) >= 11 is 0. The molecule has 0 bridgehead atoms. The summed E-state index contributed by atoms with van der Waals surface area (Å²) in [7, 11) is 0. The van der Waals surface area contributed by atoms with Crippen molar-refractivity contribution >= 4 is 5.97 Å². The van der Waals surface area contributed by atoms with Crippen LogP contribution in [0, 0.1) is 0 Å². The molecule has 0 radical (unpaired) electrons. The molecule has 0 aliphatic heterocycles. The second-order valence-electron chi connectivity index (χ2n) is 6.81. The summed E-state index contributed by atoms with van der Waals surface area (Å²) in [6.45, 7) is 0.278. The van der Waals surface area contributed by atoms with Crippen LogP contribution in [0.1, 0.15) is 78.5 Å². The second kappa shape index (κ2) is 19.5. The van der Waals surface area contributed by atoms with Crippen LogP contribution >= 0.6 is 0 Å². The Labute approximate surface area is 185 Å². The Kier molecular flexibility index (Phi) is 21.3. The number of hydrogen-bond acceptors (Lipinski definition) is 8. The van der Waals surface area contributed by atoms with Gasteiger partial charge in [-0.25, -0.2) is 4.79 Å². The zero-order valence-corrected chi connectivity index (χ0v) is 18.5. The van der Waals surface area contributed by atoms with Gasteiger partial charge < -0.3 is 27.0 Å². The first-order valence-electron chi connectivity index (χ1n) is 9.64. The molecule has 0 aliphatic carbocycles. The van der Waals surface area contributed by atoms with Gasteiger partial charge in [0.05, 0.1) is 6.10 Å². The molecule has 0 aliphatic rings. The molecule has 0 saturated heterocycles. The van der Waals surface area contributed by atoms with Crippen LogP contribution in [0.15, 0.2) is 0 Å². The summed E-state index contributed by atoms with van der Waals surface area (Å²) in [5.74, 6) is -1.49. The maximum absolute atomic E-state index is 10.9. The number of aliphatic hydroxyl groups is 5. The Morgan fingerprint density at radius 1 is 0.741 bits per heavy atom. The van der Waals surface area contributed by atoms with E-state index in [1.807, 2.05) is 0 Å². The van der Waals surface area contributed by atoms with E-state index in [0.29, 0.717) is 6.42 Å². The van der Waals surface area contributed by atoms with Crippen LogP contribution in [0.25, 0.3) is 0 Å². The molecule has 8 nitrogen and oxygen atoms in total. The molecular formula is C18H37NaO8. The van der Waals surface area contributed by atoms with E-state index in [4.69, 9.17) is 10.4 Å². The number of unbranched alkanes of at least 4 members (excludes halogenated alkanes) is 10. The number of carbonyl (C=O) groups excluding carboxylic acids is 1. The summed E-state index contributed by atoms with van der Waals surface area (Å²) in [4.78, 5) is 14.2. The third-order valence-corrected chi connectivity index (χ3v) is 4.56.